The van der Waals surface area contributed by atoms with E-state index in [0.29, 0.717) is 0 Å². The van der Waals surface area contributed by atoms with Gasteiger partial charge in [-0.05, 0) is 42.5 Å². The quantitative estimate of drug-likeness (QED) is 0.378. The van der Waals surface area contributed by atoms with Crippen LogP contribution in [0.4, 0.5) is 22.7 Å². The summed E-state index contributed by atoms with van der Waals surface area (Å²) >= 11 is 0. The number of pyridine rings is 1. The maximum atomic E-state index is 4.33. The maximum absolute atomic E-state index is 4.33. The second-order valence-corrected chi connectivity index (χ2v) is 6.60. The van der Waals surface area contributed by atoms with Crippen molar-refractivity contribution < 1.29 is 9.14 Å². The average molecular weight is 359 g/mol. The summed E-state index contributed by atoms with van der Waals surface area (Å²) in [6.45, 7) is 0. The van der Waals surface area contributed by atoms with E-state index in [-0.39, 0.29) is 0 Å². The van der Waals surface area contributed by atoms with Crippen molar-refractivity contribution in [2.45, 2.75) is 0 Å². The van der Waals surface area contributed by atoms with Gasteiger partial charge in [0, 0.05) is 44.0 Å². The lowest BCUT2D eigenvalue weighted by Crippen LogP contribution is -2.33. The molecule has 0 fully saturated rings. The average Bonchev–Trinajstić information content (AvgIpc) is 2.69. The molecule has 0 aliphatic heterocycles. The number of aromatic nitrogens is 1. The van der Waals surface area contributed by atoms with Gasteiger partial charge in [0.05, 0.1) is 11.4 Å². The monoisotopic (exact) mass is 359 g/mol. The zero-order valence-corrected chi connectivity index (χ0v) is 16.2. The molecule has 0 atom stereocenters. The van der Waals surface area contributed by atoms with Gasteiger partial charge in [0.1, 0.15) is 14.1 Å². The number of rotatable bonds is 5. The lowest BCUT2D eigenvalue weighted by molar-refractivity contribution is -0.674. The third-order valence-corrected chi connectivity index (χ3v) is 4.32. The lowest BCUT2D eigenvalue weighted by atomic mass is 10.2. The van der Waals surface area contributed by atoms with E-state index in [1.807, 2.05) is 95.1 Å². The smallest absolute Gasteiger partial charge is 0.269 e. The van der Waals surface area contributed by atoms with Crippen molar-refractivity contribution in [3.63, 3.8) is 0 Å². The molecule has 0 N–H and O–H groups in total. The minimum absolute atomic E-state index is 0.828. The Balaban J connectivity index is 1.72. The second-order valence-electron chi connectivity index (χ2n) is 6.60. The molecule has 0 aliphatic carbocycles. The number of nitrogens with zero attached hydrogens (tertiary/aromatic N) is 5. The summed E-state index contributed by atoms with van der Waals surface area (Å²) in [6.07, 6.45) is 4.14. The van der Waals surface area contributed by atoms with E-state index < -0.39 is 0 Å². The summed E-state index contributed by atoms with van der Waals surface area (Å²) in [7, 11) is 8.11. The largest absolute Gasteiger partial charge is 0.378 e. The number of hydrogen-bond donors (Lipinski definition) is 0. The van der Waals surface area contributed by atoms with Crippen molar-refractivity contribution in [3.8, 4) is 0 Å². The van der Waals surface area contributed by atoms with Crippen molar-refractivity contribution in [3.05, 3.63) is 78.6 Å². The molecule has 0 saturated heterocycles. The number of hydrogen-bond acceptors (Lipinski definition) is 3. The fourth-order valence-electron chi connectivity index (χ4n) is 2.63. The van der Waals surface area contributed by atoms with Gasteiger partial charge >= 0.3 is 0 Å². The van der Waals surface area contributed by atoms with Crippen LogP contribution in [0.2, 0.25) is 0 Å². The Kier molecular flexibility index (Phi) is 5.71. The fraction of sp³-hybridized carbons (Fsp3) is 0.182. The molecule has 2 aromatic carbocycles. The Morgan fingerprint density at radius 1 is 0.852 bits per heavy atom. The molecule has 3 aromatic rings. The number of anilines is 1. The summed E-state index contributed by atoms with van der Waals surface area (Å²) < 4.78 is 4.18. The molecular formula is C22H25N5+2. The summed E-state index contributed by atoms with van der Waals surface area (Å²) in [6, 6.07) is 22.2. The van der Waals surface area contributed by atoms with Gasteiger partial charge in [-0.1, -0.05) is 0 Å². The van der Waals surface area contributed by atoms with Crippen molar-refractivity contribution >= 4 is 29.0 Å². The Morgan fingerprint density at radius 2 is 1.44 bits per heavy atom. The molecule has 5 heteroatoms. The minimum atomic E-state index is 0.828. The van der Waals surface area contributed by atoms with Crippen LogP contribution in [0, 0.1) is 0 Å². The fourth-order valence-corrected chi connectivity index (χ4v) is 2.63. The first-order valence-corrected chi connectivity index (χ1v) is 8.84. The van der Waals surface area contributed by atoms with Crippen LogP contribution in [0.15, 0.2) is 83.2 Å². The van der Waals surface area contributed by atoms with Gasteiger partial charge < -0.3 is 4.90 Å². The van der Waals surface area contributed by atoms with E-state index in [1.165, 1.54) is 0 Å². The summed E-state index contributed by atoms with van der Waals surface area (Å²) in [5.41, 5.74) is 5.03. The second kappa shape index (κ2) is 8.36. The van der Waals surface area contributed by atoms with Gasteiger partial charge in [-0.15, -0.1) is 0 Å². The summed E-state index contributed by atoms with van der Waals surface area (Å²) in [4.78, 5) is 2.06. The van der Waals surface area contributed by atoms with Gasteiger partial charge in [0.15, 0.2) is 6.20 Å². The highest BCUT2D eigenvalue weighted by atomic mass is 15.1. The molecule has 0 radical (unpaired) electrons. The summed E-state index contributed by atoms with van der Waals surface area (Å²) in [5.74, 6) is 0. The highest BCUT2D eigenvalue weighted by Gasteiger charge is 2.09. The third-order valence-electron chi connectivity index (χ3n) is 4.32. The van der Waals surface area contributed by atoms with Crippen LogP contribution >= 0.6 is 0 Å². The number of aryl methyl sites for hydroxylation is 1. The summed E-state index contributed by atoms with van der Waals surface area (Å²) in [5, 5.41) is 8.64. The zero-order valence-electron chi connectivity index (χ0n) is 16.2. The Hall–Kier alpha value is -3.34. The molecule has 0 saturated carbocycles. The highest BCUT2D eigenvalue weighted by Crippen LogP contribution is 2.22. The molecule has 0 amide bonds. The van der Waals surface area contributed by atoms with Crippen molar-refractivity contribution in [1.82, 2.24) is 0 Å². The molecule has 27 heavy (non-hydrogen) atoms. The predicted octanol–water partition coefficient (Wildman–Crippen LogP) is 4.39. The first-order chi connectivity index (χ1) is 13.0. The van der Waals surface area contributed by atoms with Crippen LogP contribution < -0.4 is 9.47 Å². The molecule has 0 unspecified atom stereocenters. The molecule has 3 rings (SSSR count). The van der Waals surface area contributed by atoms with Gasteiger partial charge in [-0.25, -0.2) is 0 Å². The molecule has 5 nitrogen and oxygen atoms in total. The molecule has 0 bridgehead atoms. The van der Waals surface area contributed by atoms with Gasteiger partial charge in [-0.3, -0.25) is 0 Å². The molecule has 136 valence electrons. The van der Waals surface area contributed by atoms with Crippen LogP contribution in [0.3, 0.4) is 0 Å². The van der Waals surface area contributed by atoms with Crippen molar-refractivity contribution in [2.24, 2.45) is 17.3 Å². The first-order valence-electron chi connectivity index (χ1n) is 8.84. The number of azo groups is 1. The van der Waals surface area contributed by atoms with E-state index in [1.54, 1.807) is 0 Å². The normalized spacial score (nSPS) is 11.8. The third kappa shape index (κ3) is 4.85. The highest BCUT2D eigenvalue weighted by molar-refractivity contribution is 5.71. The SMILES string of the molecule is CN(C)c1ccc(N=Nc2ccc([N+](C)=Cc3cccc[n+]3C)cc2)cc1. The van der Waals surface area contributed by atoms with Crippen molar-refractivity contribution in [2.75, 3.05) is 26.0 Å². The van der Waals surface area contributed by atoms with E-state index in [9.17, 15) is 0 Å². The molecule has 1 heterocycles. The van der Waals surface area contributed by atoms with E-state index in [2.05, 4.69) is 36.6 Å². The van der Waals surface area contributed by atoms with E-state index in [4.69, 9.17) is 0 Å². The van der Waals surface area contributed by atoms with Crippen LogP contribution in [0.25, 0.3) is 0 Å². The Labute approximate surface area is 160 Å². The van der Waals surface area contributed by atoms with Gasteiger partial charge in [-0.2, -0.15) is 19.4 Å². The van der Waals surface area contributed by atoms with Gasteiger partial charge in [0.25, 0.3) is 5.69 Å². The standard InChI is InChI=1S/C22H25N5/c1-25(2)20-12-8-18(9-13-20)23-24-19-10-14-21(15-11-19)27(4)17-22-7-5-6-16-26(22)3/h5-17H,1-4H3/q+2. The van der Waals surface area contributed by atoms with E-state index in [0.717, 1.165) is 28.4 Å². The zero-order chi connectivity index (χ0) is 19.2. The van der Waals surface area contributed by atoms with Gasteiger partial charge in [0.2, 0.25) is 11.9 Å². The topological polar surface area (TPSA) is 34.9 Å². The van der Waals surface area contributed by atoms with Crippen LogP contribution in [-0.4, -0.2) is 31.9 Å². The minimum Gasteiger partial charge on any atom is -0.378 e. The van der Waals surface area contributed by atoms with Crippen molar-refractivity contribution in [1.29, 1.82) is 0 Å². The molecular weight excluding hydrogens is 334 g/mol. The van der Waals surface area contributed by atoms with Crippen LogP contribution in [0.5, 0.6) is 0 Å². The lowest BCUT2D eigenvalue weighted by Gasteiger charge is -2.11. The molecule has 0 spiro atoms. The molecule has 1 aromatic heterocycles. The maximum Gasteiger partial charge on any atom is 0.269 e. The predicted molar refractivity (Wildman–Crippen MR) is 110 cm³/mol. The first kappa shape index (κ1) is 18.5. The van der Waals surface area contributed by atoms with E-state index >= 15 is 0 Å². The Bertz CT molecular complexity index is 955. The Morgan fingerprint density at radius 3 is 2.00 bits per heavy atom. The van der Waals surface area contributed by atoms with Crippen LogP contribution in [0.1, 0.15) is 5.69 Å². The number of benzene rings is 2. The molecule has 0 aliphatic rings. The van der Waals surface area contributed by atoms with Crippen LogP contribution in [-0.2, 0) is 7.05 Å².